The molecular formula is C9H13ClFN. The lowest BCUT2D eigenvalue weighted by Gasteiger charge is -2.06. The van der Waals surface area contributed by atoms with Gasteiger partial charge in [-0.25, -0.2) is 4.39 Å². The number of alkyl halides is 2. The van der Waals surface area contributed by atoms with Gasteiger partial charge in [-0.1, -0.05) is 23.8 Å². The molecule has 2 unspecified atom stereocenters. The largest absolute Gasteiger partial charge is 0.316 e. The van der Waals surface area contributed by atoms with Gasteiger partial charge in [-0.15, -0.1) is 11.6 Å². The highest BCUT2D eigenvalue weighted by atomic mass is 35.5. The average molecular weight is 190 g/mol. The first-order valence-corrected chi connectivity index (χ1v) is 4.46. The van der Waals surface area contributed by atoms with E-state index >= 15 is 0 Å². The Morgan fingerprint density at radius 3 is 3.17 bits per heavy atom. The molecule has 0 bridgehead atoms. The number of allylic oxidation sites excluding steroid dienone is 3. The number of hydrogen-bond acceptors (Lipinski definition) is 1. The lowest BCUT2D eigenvalue weighted by atomic mass is 10.1. The molecule has 0 saturated heterocycles. The van der Waals surface area contributed by atoms with Gasteiger partial charge in [0, 0.05) is 6.54 Å². The van der Waals surface area contributed by atoms with E-state index in [0.717, 1.165) is 18.5 Å². The smallest absolute Gasteiger partial charge is 0.138 e. The summed E-state index contributed by atoms with van der Waals surface area (Å²) in [4.78, 5) is 0. The molecule has 0 amide bonds. The Kier molecular flexibility index (Phi) is 3.76. The van der Waals surface area contributed by atoms with Crippen LogP contribution in [0, 0.1) is 0 Å². The molecule has 3 heteroatoms. The van der Waals surface area contributed by atoms with Crippen LogP contribution in [0.15, 0.2) is 23.8 Å². The van der Waals surface area contributed by atoms with Crippen LogP contribution in [0.4, 0.5) is 4.39 Å². The summed E-state index contributed by atoms with van der Waals surface area (Å²) in [6.45, 7) is 0.778. The van der Waals surface area contributed by atoms with E-state index in [9.17, 15) is 4.39 Å². The zero-order chi connectivity index (χ0) is 8.97. The molecule has 0 aromatic heterocycles. The third kappa shape index (κ3) is 2.61. The molecule has 0 aromatic carbocycles. The molecule has 1 aliphatic rings. The third-order valence-corrected chi connectivity index (χ3v) is 2.17. The Labute approximate surface area is 77.3 Å². The highest BCUT2D eigenvalue weighted by Crippen LogP contribution is 2.18. The summed E-state index contributed by atoms with van der Waals surface area (Å²) < 4.78 is 13.0. The Morgan fingerprint density at radius 2 is 2.50 bits per heavy atom. The highest BCUT2D eigenvalue weighted by Gasteiger charge is 2.15. The van der Waals surface area contributed by atoms with Gasteiger partial charge in [0.1, 0.15) is 6.17 Å². The van der Waals surface area contributed by atoms with E-state index in [4.69, 9.17) is 11.6 Å². The van der Waals surface area contributed by atoms with Gasteiger partial charge < -0.3 is 5.32 Å². The average Bonchev–Trinajstić information content (AvgIpc) is 2.16. The summed E-state index contributed by atoms with van der Waals surface area (Å²) in [5, 5.41) is 2.51. The normalized spacial score (nSPS) is 29.8. The van der Waals surface area contributed by atoms with E-state index in [1.54, 1.807) is 6.08 Å². The first-order chi connectivity index (χ1) is 5.74. The summed E-state index contributed by atoms with van der Waals surface area (Å²) in [6, 6.07) is 0. The number of hydrogen-bond donors (Lipinski definition) is 1. The molecule has 0 fully saturated rings. The van der Waals surface area contributed by atoms with Gasteiger partial charge in [0.25, 0.3) is 0 Å². The maximum absolute atomic E-state index is 13.0. The molecule has 0 heterocycles. The third-order valence-electron chi connectivity index (χ3n) is 1.80. The molecule has 0 aromatic rings. The zero-order valence-corrected chi connectivity index (χ0v) is 7.81. The second-order valence-electron chi connectivity index (χ2n) is 2.88. The first-order valence-electron chi connectivity index (χ1n) is 4.03. The number of likely N-dealkylation sites (N-methyl/N-ethyl adjacent to an activating group) is 1. The summed E-state index contributed by atoms with van der Waals surface area (Å²) in [7, 11) is 1.87. The number of rotatable bonds is 2. The second-order valence-corrected chi connectivity index (χ2v) is 3.38. The van der Waals surface area contributed by atoms with E-state index in [-0.39, 0.29) is 0 Å². The van der Waals surface area contributed by atoms with Crippen LogP contribution < -0.4 is 5.32 Å². The van der Waals surface area contributed by atoms with Crippen molar-refractivity contribution in [3.8, 4) is 0 Å². The van der Waals surface area contributed by atoms with Crippen molar-refractivity contribution >= 4 is 11.6 Å². The summed E-state index contributed by atoms with van der Waals surface area (Å²) in [6.07, 6.45) is 4.90. The molecule has 12 heavy (non-hydrogen) atoms. The van der Waals surface area contributed by atoms with Gasteiger partial charge in [-0.3, -0.25) is 0 Å². The second kappa shape index (κ2) is 4.63. The van der Waals surface area contributed by atoms with E-state index in [1.807, 2.05) is 13.1 Å². The van der Waals surface area contributed by atoms with Crippen molar-refractivity contribution in [2.75, 3.05) is 13.6 Å². The molecule has 0 saturated carbocycles. The van der Waals surface area contributed by atoms with E-state index < -0.39 is 11.5 Å². The molecule has 0 spiro atoms. The minimum atomic E-state index is -1.04. The van der Waals surface area contributed by atoms with Gasteiger partial charge >= 0.3 is 0 Å². The van der Waals surface area contributed by atoms with Crippen LogP contribution in [0.3, 0.4) is 0 Å². The van der Waals surface area contributed by atoms with Crippen molar-refractivity contribution in [2.45, 2.75) is 18.0 Å². The SMILES string of the molecule is CNCC1=CC(Cl)C(F)C=CC1. The van der Waals surface area contributed by atoms with Crippen molar-refractivity contribution in [2.24, 2.45) is 0 Å². The summed E-state index contributed by atoms with van der Waals surface area (Å²) >= 11 is 5.77. The predicted octanol–water partition coefficient (Wildman–Crippen LogP) is 2.04. The quantitative estimate of drug-likeness (QED) is 0.518. The molecule has 2 atom stereocenters. The summed E-state index contributed by atoms with van der Waals surface area (Å²) in [5.41, 5.74) is 1.15. The Balaban J connectivity index is 2.63. The van der Waals surface area contributed by atoms with Gasteiger partial charge in [0.05, 0.1) is 5.38 Å². The first kappa shape index (κ1) is 9.75. The van der Waals surface area contributed by atoms with Crippen molar-refractivity contribution in [1.82, 2.24) is 5.32 Å². The van der Waals surface area contributed by atoms with Crippen LogP contribution in [-0.2, 0) is 0 Å². The fourth-order valence-corrected chi connectivity index (χ4v) is 1.46. The van der Waals surface area contributed by atoms with Gasteiger partial charge in [-0.2, -0.15) is 0 Å². The van der Waals surface area contributed by atoms with Crippen LogP contribution >= 0.6 is 11.6 Å². The summed E-state index contributed by atoms with van der Waals surface area (Å²) in [5.74, 6) is 0. The monoisotopic (exact) mass is 189 g/mol. The van der Waals surface area contributed by atoms with Crippen molar-refractivity contribution in [1.29, 1.82) is 0 Å². The Morgan fingerprint density at radius 1 is 1.75 bits per heavy atom. The fourth-order valence-electron chi connectivity index (χ4n) is 1.20. The molecule has 1 rings (SSSR count). The van der Waals surface area contributed by atoms with Crippen LogP contribution in [0.5, 0.6) is 0 Å². The lowest BCUT2D eigenvalue weighted by Crippen LogP contribution is -2.13. The van der Waals surface area contributed by atoms with E-state index in [0.29, 0.717) is 0 Å². The van der Waals surface area contributed by atoms with Gasteiger partial charge in [-0.05, 0) is 13.5 Å². The van der Waals surface area contributed by atoms with Crippen LogP contribution in [-0.4, -0.2) is 25.1 Å². The predicted molar refractivity (Wildman–Crippen MR) is 50.3 cm³/mol. The molecule has 1 N–H and O–H groups in total. The van der Waals surface area contributed by atoms with E-state index in [1.165, 1.54) is 6.08 Å². The molecular weight excluding hydrogens is 177 g/mol. The Bertz CT molecular complexity index is 201. The fraction of sp³-hybridized carbons (Fsp3) is 0.556. The van der Waals surface area contributed by atoms with Crippen LogP contribution in [0.1, 0.15) is 6.42 Å². The maximum Gasteiger partial charge on any atom is 0.138 e. The minimum Gasteiger partial charge on any atom is -0.316 e. The standard InChI is InChI=1S/C9H13ClFN/c1-12-6-7-3-2-4-9(11)8(10)5-7/h2,4-5,8-9,12H,3,6H2,1H3. The van der Waals surface area contributed by atoms with Crippen LogP contribution in [0.2, 0.25) is 0 Å². The zero-order valence-electron chi connectivity index (χ0n) is 7.06. The van der Waals surface area contributed by atoms with E-state index in [2.05, 4.69) is 5.32 Å². The minimum absolute atomic E-state index is 0.507. The maximum atomic E-state index is 13.0. The van der Waals surface area contributed by atoms with Crippen molar-refractivity contribution in [3.05, 3.63) is 23.8 Å². The van der Waals surface area contributed by atoms with Gasteiger partial charge in [0.15, 0.2) is 0 Å². The topological polar surface area (TPSA) is 12.0 Å². The Hall–Kier alpha value is -0.340. The van der Waals surface area contributed by atoms with Crippen molar-refractivity contribution in [3.63, 3.8) is 0 Å². The van der Waals surface area contributed by atoms with Gasteiger partial charge in [0.2, 0.25) is 0 Å². The lowest BCUT2D eigenvalue weighted by molar-refractivity contribution is 0.408. The van der Waals surface area contributed by atoms with Crippen LogP contribution in [0.25, 0.3) is 0 Å². The highest BCUT2D eigenvalue weighted by molar-refractivity contribution is 6.22. The molecule has 1 aliphatic carbocycles. The molecule has 0 radical (unpaired) electrons. The molecule has 0 aliphatic heterocycles. The molecule has 68 valence electrons. The van der Waals surface area contributed by atoms with Crippen molar-refractivity contribution < 1.29 is 4.39 Å². The number of nitrogens with one attached hydrogen (secondary N) is 1. The number of halogens is 2. The molecule has 1 nitrogen and oxygen atoms in total.